The van der Waals surface area contributed by atoms with Crippen molar-refractivity contribution in [2.45, 2.75) is 19.8 Å². The number of hydrogen-bond donors (Lipinski definition) is 0. The largest absolute Gasteiger partial charge is 0.466 e. The van der Waals surface area contributed by atoms with E-state index in [1.807, 2.05) is 4.90 Å². The number of carbonyl (C=O) groups excluding carboxylic acids is 1. The highest BCUT2D eigenvalue weighted by atomic mass is 35.5. The second-order valence-electron chi connectivity index (χ2n) is 5.93. The van der Waals surface area contributed by atoms with Crippen molar-refractivity contribution in [2.75, 3.05) is 24.6 Å². The Kier molecular flexibility index (Phi) is 4.71. The second kappa shape index (κ2) is 6.77. The third-order valence-corrected chi connectivity index (χ3v) is 4.63. The molecule has 6 heteroatoms. The maximum atomic E-state index is 12.1. The van der Waals surface area contributed by atoms with Crippen molar-refractivity contribution in [2.24, 2.45) is 5.92 Å². The molecular weight excluding hydrogens is 330 g/mol. The van der Waals surface area contributed by atoms with Crippen LogP contribution in [0.5, 0.6) is 0 Å². The van der Waals surface area contributed by atoms with Crippen LogP contribution in [0.25, 0.3) is 11.1 Å². The van der Waals surface area contributed by atoms with Gasteiger partial charge in [0, 0.05) is 18.1 Å². The molecule has 0 bridgehead atoms. The van der Waals surface area contributed by atoms with E-state index in [2.05, 4.69) is 0 Å². The van der Waals surface area contributed by atoms with E-state index in [9.17, 15) is 14.4 Å². The molecule has 2 aromatic rings. The summed E-state index contributed by atoms with van der Waals surface area (Å²) < 4.78 is 5.09. The summed E-state index contributed by atoms with van der Waals surface area (Å²) in [6.07, 6.45) is 1.52. The van der Waals surface area contributed by atoms with E-state index >= 15 is 0 Å². The first-order valence-electron chi connectivity index (χ1n) is 8.03. The van der Waals surface area contributed by atoms with Crippen LogP contribution in [0, 0.1) is 5.92 Å². The molecule has 1 saturated heterocycles. The number of hydrogen-bond acceptors (Lipinski definition) is 5. The average molecular weight is 348 g/mol. The van der Waals surface area contributed by atoms with Gasteiger partial charge in [-0.2, -0.15) is 0 Å². The molecule has 0 radical (unpaired) electrons. The number of rotatable bonds is 4. The molecule has 1 heterocycles. The number of nitrogens with zero attached hydrogens (tertiary/aromatic N) is 1. The molecule has 126 valence electrons. The molecule has 24 heavy (non-hydrogen) atoms. The minimum absolute atomic E-state index is 0.242. The van der Waals surface area contributed by atoms with Crippen molar-refractivity contribution in [3.63, 3.8) is 0 Å². The lowest BCUT2D eigenvalue weighted by Crippen LogP contribution is -2.47. The monoisotopic (exact) mass is 347 g/mol. The topological polar surface area (TPSA) is 63.7 Å². The van der Waals surface area contributed by atoms with Gasteiger partial charge in [-0.3, -0.25) is 14.4 Å². The van der Waals surface area contributed by atoms with Crippen molar-refractivity contribution < 1.29 is 9.53 Å². The summed E-state index contributed by atoms with van der Waals surface area (Å²) in [5.41, 5.74) is 0.546. The van der Waals surface area contributed by atoms with Crippen LogP contribution in [0.4, 0.5) is 5.69 Å². The smallest absolute Gasteiger partial charge is 0.310 e. The molecule has 1 aliphatic heterocycles. The van der Waals surface area contributed by atoms with Gasteiger partial charge in [-0.05, 0) is 37.5 Å². The summed E-state index contributed by atoms with van der Waals surface area (Å²) in [7, 11) is 0. The van der Waals surface area contributed by atoms with Gasteiger partial charge in [0.25, 0.3) is 0 Å². The molecule has 0 amide bonds. The molecule has 1 atom stereocenters. The number of benzene rings is 1. The Morgan fingerprint density at radius 1 is 1.25 bits per heavy atom. The fourth-order valence-electron chi connectivity index (χ4n) is 3.20. The van der Waals surface area contributed by atoms with Gasteiger partial charge in [-0.1, -0.05) is 23.7 Å². The van der Waals surface area contributed by atoms with Gasteiger partial charge in [-0.25, -0.2) is 0 Å². The fourth-order valence-corrected chi connectivity index (χ4v) is 3.32. The van der Waals surface area contributed by atoms with Crippen molar-refractivity contribution >= 4 is 23.3 Å². The normalized spacial score (nSPS) is 17.9. The Balaban J connectivity index is 1.89. The third kappa shape index (κ3) is 2.96. The molecule has 0 aliphatic carbocycles. The molecule has 0 aromatic heterocycles. The lowest BCUT2D eigenvalue weighted by molar-refractivity contribution is -0.148. The summed E-state index contributed by atoms with van der Waals surface area (Å²) in [6, 6.07) is 6.84. The fraction of sp³-hybridized carbons (Fsp3) is 0.389. The van der Waals surface area contributed by atoms with Crippen molar-refractivity contribution in [1.82, 2.24) is 0 Å². The zero-order valence-corrected chi connectivity index (χ0v) is 14.1. The maximum absolute atomic E-state index is 12.1. The van der Waals surface area contributed by atoms with E-state index in [0.717, 1.165) is 12.8 Å². The van der Waals surface area contributed by atoms with Crippen molar-refractivity contribution in [1.29, 1.82) is 0 Å². The van der Waals surface area contributed by atoms with Gasteiger partial charge in [0.15, 0.2) is 0 Å². The number of carbonyl (C=O) groups is 1. The van der Waals surface area contributed by atoms with E-state index < -0.39 is 10.9 Å². The first kappa shape index (κ1) is 16.7. The lowest BCUT2D eigenvalue weighted by Gasteiger charge is -2.34. The molecule has 3 rings (SSSR count). The number of anilines is 1. The number of halogens is 1. The summed E-state index contributed by atoms with van der Waals surface area (Å²) in [5, 5.41) is 0.569. The Bertz CT molecular complexity index is 821. The summed E-state index contributed by atoms with van der Waals surface area (Å²) in [6.45, 7) is 3.17. The van der Waals surface area contributed by atoms with Gasteiger partial charge in [0.2, 0.25) is 10.9 Å². The van der Waals surface area contributed by atoms with Crippen LogP contribution in [0.2, 0.25) is 5.02 Å². The molecule has 1 aliphatic rings. The van der Waals surface area contributed by atoms with Crippen LogP contribution < -0.4 is 15.8 Å². The van der Waals surface area contributed by atoms with Crippen LogP contribution >= 0.6 is 11.6 Å². The van der Waals surface area contributed by atoms with Crippen LogP contribution in [0.3, 0.4) is 0 Å². The minimum Gasteiger partial charge on any atom is -0.466 e. The summed E-state index contributed by atoms with van der Waals surface area (Å²) >= 11 is 5.88. The molecule has 0 saturated carbocycles. The minimum atomic E-state index is -0.482. The summed E-state index contributed by atoms with van der Waals surface area (Å²) in [5.74, 6) is -0.505. The lowest BCUT2D eigenvalue weighted by atomic mass is 9.93. The molecule has 0 N–H and O–H groups in total. The van der Waals surface area contributed by atoms with E-state index in [4.69, 9.17) is 16.3 Å². The molecular formula is C18H18ClNO4. The highest BCUT2D eigenvalue weighted by Gasteiger charge is 2.33. The number of esters is 1. The predicted octanol–water partition coefficient (Wildman–Crippen LogP) is 2.38. The van der Waals surface area contributed by atoms with Gasteiger partial charge in [0.1, 0.15) is 5.69 Å². The van der Waals surface area contributed by atoms with E-state index in [1.54, 1.807) is 31.2 Å². The zero-order chi connectivity index (χ0) is 17.3. The standard InChI is InChI=1S/C18H18ClNO4/c1-2-24-18(23)12-4-3-9-20(10-12)15-14(16(21)17(15)22)11-5-7-13(19)8-6-11/h5-8,12H,2-4,9-10H2,1H3/t12-/m1/s1. The Morgan fingerprint density at radius 3 is 2.62 bits per heavy atom. The van der Waals surface area contributed by atoms with E-state index in [-0.39, 0.29) is 11.9 Å². The van der Waals surface area contributed by atoms with E-state index in [1.165, 1.54) is 0 Å². The Hall–Kier alpha value is -2.14. The molecule has 0 unspecified atom stereocenters. The van der Waals surface area contributed by atoms with Gasteiger partial charge < -0.3 is 9.64 Å². The predicted molar refractivity (Wildman–Crippen MR) is 93.4 cm³/mol. The second-order valence-corrected chi connectivity index (χ2v) is 6.36. The van der Waals surface area contributed by atoms with Gasteiger partial charge in [0.05, 0.1) is 18.1 Å². The van der Waals surface area contributed by atoms with Crippen LogP contribution in [-0.2, 0) is 9.53 Å². The van der Waals surface area contributed by atoms with Gasteiger partial charge in [-0.15, -0.1) is 0 Å². The molecule has 1 fully saturated rings. The highest BCUT2D eigenvalue weighted by molar-refractivity contribution is 6.30. The molecule has 5 nitrogen and oxygen atoms in total. The zero-order valence-electron chi connectivity index (χ0n) is 13.4. The first-order valence-corrected chi connectivity index (χ1v) is 8.41. The number of piperidine rings is 1. The van der Waals surface area contributed by atoms with Gasteiger partial charge >= 0.3 is 5.97 Å². The molecule has 0 spiro atoms. The highest BCUT2D eigenvalue weighted by Crippen LogP contribution is 2.31. The van der Waals surface area contributed by atoms with Crippen LogP contribution in [0.1, 0.15) is 19.8 Å². The summed E-state index contributed by atoms with van der Waals surface area (Å²) in [4.78, 5) is 38.0. The van der Waals surface area contributed by atoms with Crippen LogP contribution in [-0.4, -0.2) is 25.7 Å². The SMILES string of the molecule is CCOC(=O)[C@@H]1CCCN(c2c(-c3ccc(Cl)cc3)c(=O)c2=O)C1. The quantitative estimate of drug-likeness (QED) is 0.627. The van der Waals surface area contributed by atoms with Crippen molar-refractivity contribution in [3.05, 3.63) is 49.7 Å². The average Bonchev–Trinajstić information content (AvgIpc) is 2.60. The first-order chi connectivity index (χ1) is 11.5. The molecule has 2 aromatic carbocycles. The Labute approximate surface area is 144 Å². The third-order valence-electron chi connectivity index (χ3n) is 4.38. The van der Waals surface area contributed by atoms with Crippen LogP contribution in [0.15, 0.2) is 33.9 Å². The maximum Gasteiger partial charge on any atom is 0.310 e. The number of ether oxygens (including phenoxy) is 1. The van der Waals surface area contributed by atoms with E-state index in [0.29, 0.717) is 41.5 Å². The Morgan fingerprint density at radius 2 is 1.96 bits per heavy atom. The van der Waals surface area contributed by atoms with Crippen molar-refractivity contribution in [3.8, 4) is 11.1 Å².